The second kappa shape index (κ2) is 5.08. The highest BCUT2D eigenvalue weighted by Crippen LogP contribution is 2.52. The Kier molecular flexibility index (Phi) is 3.81. The van der Waals surface area contributed by atoms with Crippen molar-refractivity contribution < 1.29 is 27.8 Å². The first-order valence-electron chi connectivity index (χ1n) is 6.72. The van der Waals surface area contributed by atoms with E-state index >= 15 is 0 Å². The van der Waals surface area contributed by atoms with Gasteiger partial charge in [0, 0.05) is 5.71 Å². The molecule has 2 rings (SSSR count). The zero-order valence-electron chi connectivity index (χ0n) is 12.4. The van der Waals surface area contributed by atoms with E-state index < -0.39 is 23.2 Å². The van der Waals surface area contributed by atoms with Crippen LogP contribution in [0.1, 0.15) is 26.3 Å². The molecule has 0 fully saturated rings. The lowest BCUT2D eigenvalue weighted by molar-refractivity contribution is -0.275. The Morgan fingerprint density at radius 3 is 2.50 bits per heavy atom. The van der Waals surface area contributed by atoms with E-state index in [-0.39, 0.29) is 17.9 Å². The summed E-state index contributed by atoms with van der Waals surface area (Å²) in [4.78, 5) is 16.1. The number of hydrogen-bond donors (Lipinski definition) is 1. The van der Waals surface area contributed by atoms with Gasteiger partial charge in [-0.3, -0.25) is 4.99 Å². The zero-order valence-corrected chi connectivity index (χ0v) is 12.4. The van der Waals surface area contributed by atoms with Crippen LogP contribution in [-0.4, -0.2) is 35.2 Å². The summed E-state index contributed by atoms with van der Waals surface area (Å²) in [5.74, 6) is -1.73. The number of para-hydroxylation sites is 1. The number of fused-ring (bicyclic) bond motifs is 1. The van der Waals surface area contributed by atoms with Crippen LogP contribution in [0.25, 0.3) is 0 Å². The number of esters is 1. The van der Waals surface area contributed by atoms with E-state index in [0.717, 1.165) is 6.92 Å². The smallest absolute Gasteiger partial charge is 0.429 e. The SMILES string of the molecule is CCOC(=O)C(O)(C(F)(F)F)C1(C)C(C)=Nc2ccccc21. The normalized spacial score (nSPS) is 23.5. The van der Waals surface area contributed by atoms with Crippen molar-refractivity contribution in [2.45, 2.75) is 38.0 Å². The van der Waals surface area contributed by atoms with Crippen LogP contribution in [0.2, 0.25) is 0 Å². The van der Waals surface area contributed by atoms with Crippen molar-refractivity contribution in [3.05, 3.63) is 29.8 Å². The van der Waals surface area contributed by atoms with Gasteiger partial charge in [0.05, 0.1) is 17.7 Å². The molecule has 4 nitrogen and oxygen atoms in total. The molecule has 2 atom stereocenters. The van der Waals surface area contributed by atoms with Gasteiger partial charge >= 0.3 is 12.1 Å². The number of aliphatic imine (C=N–C) groups is 1. The Morgan fingerprint density at radius 2 is 1.95 bits per heavy atom. The maximum absolute atomic E-state index is 13.6. The van der Waals surface area contributed by atoms with Crippen LogP contribution in [-0.2, 0) is 14.9 Å². The molecule has 120 valence electrons. The summed E-state index contributed by atoms with van der Waals surface area (Å²) in [5.41, 5.74) is -5.32. The number of nitrogens with zero attached hydrogens (tertiary/aromatic N) is 1. The molecular weight excluding hydrogens is 299 g/mol. The monoisotopic (exact) mass is 315 g/mol. The number of ether oxygens (including phenoxy) is 1. The standard InChI is InChI=1S/C15H16F3NO3/c1-4-22-12(20)14(21,15(16,17)18)13(3)9(2)19-11-8-6-5-7-10(11)13/h5-8,21H,4H2,1-3H3. The predicted molar refractivity (Wildman–Crippen MR) is 74.2 cm³/mol. The molecule has 1 aromatic rings. The van der Waals surface area contributed by atoms with Crippen LogP contribution in [0.5, 0.6) is 0 Å². The first-order chi connectivity index (χ1) is 10.1. The summed E-state index contributed by atoms with van der Waals surface area (Å²) in [5, 5.41) is 10.4. The molecule has 0 bridgehead atoms. The Bertz CT molecular complexity index is 641. The van der Waals surface area contributed by atoms with Gasteiger partial charge in [-0.05, 0) is 32.4 Å². The van der Waals surface area contributed by atoms with Crippen molar-refractivity contribution in [2.75, 3.05) is 6.61 Å². The molecule has 0 spiro atoms. The van der Waals surface area contributed by atoms with Crippen LogP contribution < -0.4 is 0 Å². The molecule has 0 radical (unpaired) electrons. The van der Waals surface area contributed by atoms with Gasteiger partial charge in [-0.1, -0.05) is 18.2 Å². The quantitative estimate of drug-likeness (QED) is 0.873. The van der Waals surface area contributed by atoms with Crippen LogP contribution in [0, 0.1) is 0 Å². The summed E-state index contributed by atoms with van der Waals surface area (Å²) in [6.07, 6.45) is -5.22. The minimum Gasteiger partial charge on any atom is -0.464 e. The van der Waals surface area contributed by atoms with Crippen molar-refractivity contribution >= 4 is 17.4 Å². The van der Waals surface area contributed by atoms with E-state index in [2.05, 4.69) is 9.73 Å². The van der Waals surface area contributed by atoms with E-state index in [0.29, 0.717) is 5.69 Å². The lowest BCUT2D eigenvalue weighted by Gasteiger charge is -2.41. The number of alkyl halides is 3. The first-order valence-corrected chi connectivity index (χ1v) is 6.72. The van der Waals surface area contributed by atoms with Gasteiger partial charge in [-0.15, -0.1) is 0 Å². The van der Waals surface area contributed by atoms with Crippen molar-refractivity contribution in [1.82, 2.24) is 0 Å². The van der Waals surface area contributed by atoms with Crippen molar-refractivity contribution in [2.24, 2.45) is 4.99 Å². The van der Waals surface area contributed by atoms with Crippen molar-refractivity contribution in [3.8, 4) is 0 Å². The Hall–Kier alpha value is -1.89. The number of aliphatic hydroxyl groups is 1. The molecule has 0 aliphatic carbocycles. The molecule has 0 amide bonds. The third-order valence-electron chi connectivity index (χ3n) is 4.16. The second-order valence-electron chi connectivity index (χ2n) is 5.27. The van der Waals surface area contributed by atoms with Gasteiger partial charge in [0.15, 0.2) is 0 Å². The van der Waals surface area contributed by atoms with Crippen LogP contribution in [0.15, 0.2) is 29.3 Å². The van der Waals surface area contributed by atoms with Gasteiger partial charge in [-0.25, -0.2) is 4.79 Å². The van der Waals surface area contributed by atoms with E-state index in [1.165, 1.54) is 32.0 Å². The summed E-state index contributed by atoms with van der Waals surface area (Å²) in [7, 11) is 0. The van der Waals surface area contributed by atoms with Crippen molar-refractivity contribution in [1.29, 1.82) is 0 Å². The second-order valence-corrected chi connectivity index (χ2v) is 5.27. The van der Waals surface area contributed by atoms with E-state index in [1.807, 2.05) is 0 Å². The molecule has 0 saturated carbocycles. The van der Waals surface area contributed by atoms with Crippen LogP contribution >= 0.6 is 0 Å². The lowest BCUT2D eigenvalue weighted by Crippen LogP contribution is -2.67. The number of carbonyl (C=O) groups excluding carboxylic acids is 1. The molecule has 22 heavy (non-hydrogen) atoms. The number of halogens is 3. The average Bonchev–Trinajstić information content (AvgIpc) is 2.70. The highest BCUT2D eigenvalue weighted by Gasteiger charge is 2.73. The Balaban J connectivity index is 2.72. The fraction of sp³-hybridized carbons (Fsp3) is 0.467. The summed E-state index contributed by atoms with van der Waals surface area (Å²) >= 11 is 0. The summed E-state index contributed by atoms with van der Waals surface area (Å²) < 4.78 is 45.4. The average molecular weight is 315 g/mol. The van der Waals surface area contributed by atoms with Gasteiger partial charge in [0.25, 0.3) is 5.60 Å². The van der Waals surface area contributed by atoms with Gasteiger partial charge in [-0.2, -0.15) is 13.2 Å². The van der Waals surface area contributed by atoms with E-state index in [4.69, 9.17) is 0 Å². The molecular formula is C15H16F3NO3. The van der Waals surface area contributed by atoms with E-state index in [9.17, 15) is 23.1 Å². The molecule has 1 heterocycles. The molecule has 7 heteroatoms. The van der Waals surface area contributed by atoms with Gasteiger partial charge in [0.1, 0.15) is 0 Å². The van der Waals surface area contributed by atoms with Crippen LogP contribution in [0.3, 0.4) is 0 Å². The highest BCUT2D eigenvalue weighted by atomic mass is 19.4. The third-order valence-corrected chi connectivity index (χ3v) is 4.16. The lowest BCUT2D eigenvalue weighted by atomic mass is 9.66. The van der Waals surface area contributed by atoms with Crippen molar-refractivity contribution in [3.63, 3.8) is 0 Å². The fourth-order valence-corrected chi connectivity index (χ4v) is 2.78. The molecule has 1 aliphatic rings. The molecule has 0 saturated heterocycles. The Labute approximate surface area is 125 Å². The fourth-order valence-electron chi connectivity index (χ4n) is 2.78. The Morgan fingerprint density at radius 1 is 1.36 bits per heavy atom. The van der Waals surface area contributed by atoms with Crippen LogP contribution in [0.4, 0.5) is 18.9 Å². The maximum atomic E-state index is 13.6. The molecule has 2 unspecified atom stereocenters. The highest BCUT2D eigenvalue weighted by molar-refractivity contribution is 6.06. The largest absolute Gasteiger partial charge is 0.464 e. The number of carbonyl (C=O) groups is 1. The minimum absolute atomic E-state index is 0.00146. The number of hydrogen-bond acceptors (Lipinski definition) is 4. The zero-order chi connectivity index (χ0) is 16.8. The molecule has 1 N–H and O–H groups in total. The maximum Gasteiger partial charge on any atom is 0.429 e. The molecule has 1 aromatic carbocycles. The molecule has 1 aliphatic heterocycles. The number of benzene rings is 1. The third kappa shape index (κ3) is 1.95. The molecule has 0 aromatic heterocycles. The predicted octanol–water partition coefficient (Wildman–Crippen LogP) is 2.91. The first kappa shape index (κ1) is 16.5. The summed E-state index contributed by atoms with van der Waals surface area (Å²) in [6.45, 7) is 3.61. The number of rotatable bonds is 3. The van der Waals surface area contributed by atoms with Gasteiger partial charge in [0.2, 0.25) is 0 Å². The minimum atomic E-state index is -5.22. The van der Waals surface area contributed by atoms with E-state index in [1.54, 1.807) is 6.07 Å². The van der Waals surface area contributed by atoms with Gasteiger partial charge < -0.3 is 9.84 Å². The topological polar surface area (TPSA) is 58.9 Å². The summed E-state index contributed by atoms with van der Waals surface area (Å²) in [6, 6.07) is 6.11.